The van der Waals surface area contributed by atoms with Crippen molar-refractivity contribution in [1.29, 1.82) is 0 Å². The van der Waals surface area contributed by atoms with Crippen LogP contribution in [-0.4, -0.2) is 33.7 Å². The van der Waals surface area contributed by atoms with E-state index in [0.717, 1.165) is 25.7 Å². The van der Waals surface area contributed by atoms with Gasteiger partial charge in [-0.25, -0.2) is 14.8 Å². The summed E-state index contributed by atoms with van der Waals surface area (Å²) >= 11 is 2.90. The smallest absolute Gasteiger partial charge is 0.321 e. The second kappa shape index (κ2) is 8.29. The molecule has 0 spiro atoms. The SMILES string of the molecule is CCNC(=O)NC(=O)C(C)Sc1ncnc2sc(-c3ccccc3)cc12. The first-order valence-electron chi connectivity index (χ1n) is 8.13. The van der Waals surface area contributed by atoms with Gasteiger partial charge in [-0.1, -0.05) is 42.1 Å². The number of nitrogens with zero attached hydrogens (tertiary/aromatic N) is 2. The number of imide groups is 1. The Balaban J connectivity index is 1.81. The number of thiophene rings is 1. The summed E-state index contributed by atoms with van der Waals surface area (Å²) in [6.07, 6.45) is 1.50. The van der Waals surface area contributed by atoms with Crippen molar-refractivity contribution >= 4 is 45.3 Å². The molecule has 8 heteroatoms. The van der Waals surface area contributed by atoms with Crippen molar-refractivity contribution in [3.05, 3.63) is 42.7 Å². The molecular weight excluding hydrogens is 368 g/mol. The minimum atomic E-state index is -0.486. The number of nitrogens with one attached hydrogen (secondary N) is 2. The number of aromatic nitrogens is 2. The van der Waals surface area contributed by atoms with Crippen molar-refractivity contribution in [2.45, 2.75) is 24.1 Å². The van der Waals surface area contributed by atoms with Crippen molar-refractivity contribution in [3.8, 4) is 10.4 Å². The molecule has 1 unspecified atom stereocenters. The molecule has 6 nitrogen and oxygen atoms in total. The Bertz CT molecular complexity index is 927. The molecule has 0 saturated carbocycles. The maximum Gasteiger partial charge on any atom is 0.321 e. The van der Waals surface area contributed by atoms with E-state index in [0.29, 0.717) is 6.54 Å². The Kier molecular flexibility index (Phi) is 5.85. The molecular formula is C18H18N4O2S2. The topological polar surface area (TPSA) is 84.0 Å². The van der Waals surface area contributed by atoms with E-state index in [4.69, 9.17) is 0 Å². The average molecular weight is 387 g/mol. The van der Waals surface area contributed by atoms with Crippen LogP contribution < -0.4 is 10.6 Å². The molecule has 3 amide bonds. The number of benzene rings is 1. The van der Waals surface area contributed by atoms with Crippen LogP contribution in [0.5, 0.6) is 0 Å². The van der Waals surface area contributed by atoms with Gasteiger partial charge in [-0.05, 0) is 25.5 Å². The zero-order valence-corrected chi connectivity index (χ0v) is 16.0. The lowest BCUT2D eigenvalue weighted by atomic mass is 10.2. The minimum absolute atomic E-state index is 0.355. The Labute approximate surface area is 159 Å². The first-order chi connectivity index (χ1) is 12.6. The lowest BCUT2D eigenvalue weighted by Crippen LogP contribution is -2.42. The van der Waals surface area contributed by atoms with Crippen LogP contribution in [0.15, 0.2) is 47.8 Å². The van der Waals surface area contributed by atoms with Crippen LogP contribution in [0.2, 0.25) is 0 Å². The van der Waals surface area contributed by atoms with Gasteiger partial charge in [-0.2, -0.15) is 0 Å². The summed E-state index contributed by atoms with van der Waals surface area (Å²) in [5.74, 6) is -0.355. The second-order valence-electron chi connectivity index (χ2n) is 5.48. The summed E-state index contributed by atoms with van der Waals surface area (Å²) in [7, 11) is 0. The molecule has 3 aromatic rings. The summed E-state index contributed by atoms with van der Waals surface area (Å²) in [6, 6.07) is 11.6. The lowest BCUT2D eigenvalue weighted by Gasteiger charge is -2.11. The maximum absolute atomic E-state index is 12.2. The Morgan fingerprint density at radius 1 is 1.23 bits per heavy atom. The zero-order valence-electron chi connectivity index (χ0n) is 14.4. The first kappa shape index (κ1) is 18.3. The molecule has 0 aliphatic carbocycles. The number of hydrogen-bond donors (Lipinski definition) is 2. The van der Waals surface area contributed by atoms with Crippen LogP contribution in [0.4, 0.5) is 4.79 Å². The number of amides is 3. The van der Waals surface area contributed by atoms with Crippen molar-refractivity contribution in [2.24, 2.45) is 0 Å². The first-order valence-corrected chi connectivity index (χ1v) is 9.83. The molecule has 0 radical (unpaired) electrons. The molecule has 1 atom stereocenters. The zero-order chi connectivity index (χ0) is 18.5. The highest BCUT2D eigenvalue weighted by molar-refractivity contribution is 8.00. The van der Waals surface area contributed by atoms with Crippen LogP contribution in [0.3, 0.4) is 0 Å². The average Bonchev–Trinajstić information content (AvgIpc) is 3.08. The maximum atomic E-state index is 12.2. The largest absolute Gasteiger partial charge is 0.338 e. The van der Waals surface area contributed by atoms with Crippen molar-refractivity contribution in [3.63, 3.8) is 0 Å². The predicted molar refractivity (Wildman–Crippen MR) is 105 cm³/mol. The van der Waals surface area contributed by atoms with Gasteiger partial charge in [0.15, 0.2) is 0 Å². The molecule has 2 N–H and O–H groups in total. The molecule has 134 valence electrons. The third-order valence-electron chi connectivity index (χ3n) is 3.58. The Hall–Kier alpha value is -2.45. The standard InChI is InChI=1S/C18H18N4O2S2/c1-3-19-18(24)22-15(23)11(2)25-16-13-9-14(12-7-5-4-6-8-12)26-17(13)21-10-20-16/h4-11H,3H2,1-2H3,(H2,19,22,23,24). The number of carbonyl (C=O) groups excluding carboxylic acids is 2. The molecule has 0 aliphatic heterocycles. The number of rotatable bonds is 5. The molecule has 0 aliphatic rings. The number of fused-ring (bicyclic) bond motifs is 1. The van der Waals surface area contributed by atoms with Crippen LogP contribution >= 0.6 is 23.1 Å². The van der Waals surface area contributed by atoms with E-state index in [2.05, 4.69) is 20.6 Å². The van der Waals surface area contributed by atoms with E-state index in [9.17, 15) is 9.59 Å². The third-order valence-corrected chi connectivity index (χ3v) is 5.79. The number of carbonyl (C=O) groups is 2. The number of thioether (sulfide) groups is 1. The van der Waals surface area contributed by atoms with Gasteiger partial charge in [-0.3, -0.25) is 10.1 Å². The van der Waals surface area contributed by atoms with Crippen LogP contribution in [-0.2, 0) is 4.79 Å². The second-order valence-corrected chi connectivity index (χ2v) is 7.84. The molecule has 1 aromatic carbocycles. The van der Waals surface area contributed by atoms with E-state index < -0.39 is 11.3 Å². The van der Waals surface area contributed by atoms with Gasteiger partial charge in [0, 0.05) is 16.8 Å². The summed E-state index contributed by atoms with van der Waals surface area (Å²) in [6.45, 7) is 4.00. The van der Waals surface area contributed by atoms with Crippen molar-refractivity contribution in [2.75, 3.05) is 6.54 Å². The fourth-order valence-electron chi connectivity index (χ4n) is 2.31. The summed E-state index contributed by atoms with van der Waals surface area (Å²) in [5, 5.41) is 6.05. The normalized spacial score (nSPS) is 11.9. The van der Waals surface area contributed by atoms with Crippen molar-refractivity contribution < 1.29 is 9.59 Å². The fourth-order valence-corrected chi connectivity index (χ4v) is 4.27. The van der Waals surface area contributed by atoms with E-state index in [1.807, 2.05) is 36.4 Å². The molecule has 0 bridgehead atoms. The predicted octanol–water partition coefficient (Wildman–Crippen LogP) is 3.68. The van der Waals surface area contributed by atoms with Gasteiger partial charge in [0.25, 0.3) is 0 Å². The summed E-state index contributed by atoms with van der Waals surface area (Å²) in [4.78, 5) is 34.3. The monoisotopic (exact) mass is 386 g/mol. The highest BCUT2D eigenvalue weighted by Crippen LogP contribution is 2.37. The molecule has 26 heavy (non-hydrogen) atoms. The van der Waals surface area contributed by atoms with Gasteiger partial charge < -0.3 is 5.32 Å². The van der Waals surface area contributed by atoms with Crippen LogP contribution in [0.25, 0.3) is 20.7 Å². The van der Waals surface area contributed by atoms with Gasteiger partial charge in [0.1, 0.15) is 16.2 Å². The molecule has 2 aromatic heterocycles. The minimum Gasteiger partial charge on any atom is -0.338 e. The van der Waals surface area contributed by atoms with Gasteiger partial charge in [0.2, 0.25) is 5.91 Å². The van der Waals surface area contributed by atoms with Crippen molar-refractivity contribution in [1.82, 2.24) is 20.6 Å². The highest BCUT2D eigenvalue weighted by atomic mass is 32.2. The fraction of sp³-hybridized carbons (Fsp3) is 0.222. The number of urea groups is 1. The van der Waals surface area contributed by atoms with Gasteiger partial charge in [-0.15, -0.1) is 11.3 Å². The molecule has 3 rings (SSSR count). The lowest BCUT2D eigenvalue weighted by molar-refractivity contribution is -0.119. The molecule has 2 heterocycles. The quantitative estimate of drug-likeness (QED) is 0.516. The summed E-state index contributed by atoms with van der Waals surface area (Å²) < 4.78 is 0. The molecule has 0 saturated heterocycles. The van der Waals surface area contributed by atoms with E-state index in [1.165, 1.54) is 18.1 Å². The Morgan fingerprint density at radius 2 is 2.00 bits per heavy atom. The molecule has 0 fully saturated rings. The van der Waals surface area contributed by atoms with Crippen LogP contribution in [0, 0.1) is 0 Å². The summed E-state index contributed by atoms with van der Waals surface area (Å²) in [5.41, 5.74) is 1.12. The van der Waals surface area contributed by atoms with Gasteiger partial charge >= 0.3 is 6.03 Å². The Morgan fingerprint density at radius 3 is 2.73 bits per heavy atom. The number of hydrogen-bond acceptors (Lipinski definition) is 6. The van der Waals surface area contributed by atoms with Gasteiger partial charge in [0.05, 0.1) is 5.25 Å². The third kappa shape index (κ3) is 4.20. The van der Waals surface area contributed by atoms with E-state index >= 15 is 0 Å². The van der Waals surface area contributed by atoms with E-state index in [-0.39, 0.29) is 5.91 Å². The van der Waals surface area contributed by atoms with E-state index in [1.54, 1.807) is 25.2 Å². The highest BCUT2D eigenvalue weighted by Gasteiger charge is 2.19. The van der Waals surface area contributed by atoms with Crippen LogP contribution in [0.1, 0.15) is 13.8 Å².